The number of benzene rings is 1. The smallest absolute Gasteiger partial charge is 0.210 e. The molecule has 4 N–H and O–H groups in total. The molecule has 1 saturated heterocycles. The second kappa shape index (κ2) is 10.5. The van der Waals surface area contributed by atoms with E-state index in [1.54, 1.807) is 0 Å². The van der Waals surface area contributed by atoms with Crippen molar-refractivity contribution in [1.29, 1.82) is 0 Å². The molecule has 1 atom stereocenters. The van der Waals surface area contributed by atoms with E-state index in [4.69, 9.17) is 5.14 Å². The minimum absolute atomic E-state index is 0. The van der Waals surface area contributed by atoms with Crippen LogP contribution in [0.25, 0.3) is 0 Å². The Morgan fingerprint density at radius 3 is 2.80 bits per heavy atom. The first-order valence-corrected chi connectivity index (χ1v) is 10.4. The van der Waals surface area contributed by atoms with Gasteiger partial charge in [0, 0.05) is 30.1 Å². The van der Waals surface area contributed by atoms with E-state index in [0.717, 1.165) is 24.0 Å². The van der Waals surface area contributed by atoms with Gasteiger partial charge >= 0.3 is 0 Å². The molecule has 0 aliphatic carbocycles. The van der Waals surface area contributed by atoms with Crippen LogP contribution in [0.2, 0.25) is 0 Å². The maximum Gasteiger partial charge on any atom is 0.210 e. The summed E-state index contributed by atoms with van der Waals surface area (Å²) in [5, 5.41) is 11.5. The molecule has 1 aromatic carbocycles. The minimum atomic E-state index is -3.49. The van der Waals surface area contributed by atoms with Crippen LogP contribution in [-0.4, -0.2) is 52.4 Å². The first kappa shape index (κ1) is 22.5. The van der Waals surface area contributed by atoms with Gasteiger partial charge in [0.15, 0.2) is 5.96 Å². The van der Waals surface area contributed by atoms with Crippen molar-refractivity contribution in [3.05, 3.63) is 28.7 Å². The summed E-state index contributed by atoms with van der Waals surface area (Å²) in [7, 11) is -3.49. The number of aliphatic imine (C=N–C) groups is 1. The van der Waals surface area contributed by atoms with Crippen molar-refractivity contribution >= 4 is 61.6 Å². The van der Waals surface area contributed by atoms with Crippen LogP contribution in [-0.2, 0) is 10.0 Å². The second-order valence-electron chi connectivity index (χ2n) is 5.66. The summed E-state index contributed by atoms with van der Waals surface area (Å²) in [6.07, 6.45) is 0.987. The van der Waals surface area contributed by atoms with Gasteiger partial charge < -0.3 is 15.5 Å². The lowest BCUT2D eigenvalue weighted by Gasteiger charge is -2.21. The van der Waals surface area contributed by atoms with Gasteiger partial charge in [-0.3, -0.25) is 4.99 Å². The quantitative estimate of drug-likeness (QED) is 0.286. The Morgan fingerprint density at radius 2 is 2.16 bits per heavy atom. The van der Waals surface area contributed by atoms with Crippen LogP contribution in [0.4, 0.5) is 5.69 Å². The van der Waals surface area contributed by atoms with Gasteiger partial charge in [-0.2, -0.15) is 0 Å². The maximum absolute atomic E-state index is 11.0. The van der Waals surface area contributed by atoms with Crippen molar-refractivity contribution in [2.75, 3.05) is 36.8 Å². The van der Waals surface area contributed by atoms with Crippen LogP contribution < -0.4 is 20.7 Å². The van der Waals surface area contributed by atoms with Gasteiger partial charge in [0.2, 0.25) is 10.0 Å². The molecule has 142 valence electrons. The van der Waals surface area contributed by atoms with Crippen molar-refractivity contribution in [3.8, 4) is 0 Å². The van der Waals surface area contributed by atoms with E-state index in [9.17, 15) is 8.42 Å². The van der Waals surface area contributed by atoms with Crippen molar-refractivity contribution < 1.29 is 8.42 Å². The number of hydrogen-bond acceptors (Lipinski definition) is 4. The van der Waals surface area contributed by atoms with Crippen molar-refractivity contribution in [1.82, 2.24) is 10.6 Å². The summed E-state index contributed by atoms with van der Waals surface area (Å²) in [6.45, 7) is 4.65. The molecule has 1 aromatic rings. The highest BCUT2D eigenvalue weighted by molar-refractivity contribution is 14.0. The van der Waals surface area contributed by atoms with Crippen LogP contribution in [0.1, 0.15) is 13.3 Å². The number of anilines is 1. The molecule has 0 saturated carbocycles. The number of nitrogens with one attached hydrogen (secondary N) is 2. The van der Waals surface area contributed by atoms with Gasteiger partial charge in [0.1, 0.15) is 0 Å². The predicted octanol–water partition coefficient (Wildman–Crippen LogP) is 1.49. The molecule has 1 heterocycles. The van der Waals surface area contributed by atoms with Crippen molar-refractivity contribution in [2.45, 2.75) is 19.4 Å². The molecule has 0 amide bonds. The highest BCUT2D eigenvalue weighted by Crippen LogP contribution is 2.28. The average molecular weight is 546 g/mol. The monoisotopic (exact) mass is 545 g/mol. The summed E-state index contributed by atoms with van der Waals surface area (Å²) < 4.78 is 23.1. The molecule has 25 heavy (non-hydrogen) atoms. The predicted molar refractivity (Wildman–Crippen MR) is 117 cm³/mol. The van der Waals surface area contributed by atoms with Gasteiger partial charge in [-0.05, 0) is 41.4 Å². The zero-order valence-electron chi connectivity index (χ0n) is 14.1. The molecule has 1 aliphatic heterocycles. The average Bonchev–Trinajstić information content (AvgIpc) is 2.95. The zero-order chi connectivity index (χ0) is 17.6. The highest BCUT2D eigenvalue weighted by Gasteiger charge is 2.24. The standard InChI is InChI=1S/C15H24BrN5O2S.HI/c1-2-18-15(19-8-10-24(17,22)23)20-12-7-9-21(11-12)14-6-4-3-5-13(14)16;/h3-6,12H,2,7-11H2,1H3,(H2,17,22,23)(H2,18,19,20);1H. The van der Waals surface area contributed by atoms with E-state index >= 15 is 0 Å². The van der Waals surface area contributed by atoms with Gasteiger partial charge in [-0.25, -0.2) is 13.6 Å². The number of guanidine groups is 1. The van der Waals surface area contributed by atoms with Crippen molar-refractivity contribution in [3.63, 3.8) is 0 Å². The molecule has 0 radical (unpaired) electrons. The summed E-state index contributed by atoms with van der Waals surface area (Å²) in [5.74, 6) is 0.470. The number of para-hydroxylation sites is 1. The van der Waals surface area contributed by atoms with Gasteiger partial charge in [-0.1, -0.05) is 12.1 Å². The molecular formula is C15H25BrIN5O2S. The first-order chi connectivity index (χ1) is 11.4. The fourth-order valence-electron chi connectivity index (χ4n) is 2.60. The number of primary sulfonamides is 1. The lowest BCUT2D eigenvalue weighted by atomic mass is 10.3. The Morgan fingerprint density at radius 1 is 1.44 bits per heavy atom. The Bertz CT molecular complexity index is 686. The summed E-state index contributed by atoms with van der Waals surface area (Å²) in [6, 6.07) is 8.41. The third-order valence-electron chi connectivity index (χ3n) is 3.71. The number of nitrogens with two attached hydrogens (primary N) is 1. The van der Waals surface area contributed by atoms with E-state index in [0.29, 0.717) is 12.5 Å². The van der Waals surface area contributed by atoms with E-state index in [-0.39, 0.29) is 42.3 Å². The number of hydrogen-bond donors (Lipinski definition) is 3. The number of nitrogens with zero attached hydrogens (tertiary/aromatic N) is 2. The Balaban J connectivity index is 0.00000312. The highest BCUT2D eigenvalue weighted by atomic mass is 127. The Kier molecular flexibility index (Phi) is 9.46. The van der Waals surface area contributed by atoms with Gasteiger partial charge in [-0.15, -0.1) is 24.0 Å². The molecule has 1 unspecified atom stereocenters. The third-order valence-corrected chi connectivity index (χ3v) is 5.13. The molecule has 7 nitrogen and oxygen atoms in total. The molecule has 1 aliphatic rings. The molecule has 2 rings (SSSR count). The van der Waals surface area contributed by atoms with E-state index in [1.807, 2.05) is 25.1 Å². The lowest BCUT2D eigenvalue weighted by Crippen LogP contribution is -2.45. The van der Waals surface area contributed by atoms with Gasteiger partial charge in [0.05, 0.1) is 18.0 Å². The minimum Gasteiger partial charge on any atom is -0.368 e. The van der Waals surface area contributed by atoms with E-state index in [2.05, 4.69) is 42.5 Å². The first-order valence-electron chi connectivity index (χ1n) is 7.94. The molecule has 1 fully saturated rings. The maximum atomic E-state index is 11.0. The molecule has 0 bridgehead atoms. The topological polar surface area (TPSA) is 99.8 Å². The third kappa shape index (κ3) is 7.67. The SMILES string of the molecule is CCNC(=NCCS(N)(=O)=O)NC1CCN(c2ccccc2Br)C1.I. The number of sulfonamides is 1. The van der Waals surface area contributed by atoms with E-state index in [1.165, 1.54) is 5.69 Å². The van der Waals surface area contributed by atoms with Crippen molar-refractivity contribution in [2.24, 2.45) is 10.1 Å². The van der Waals surface area contributed by atoms with Crippen LogP contribution in [0, 0.1) is 0 Å². The van der Waals surface area contributed by atoms with Gasteiger partial charge in [0.25, 0.3) is 0 Å². The van der Waals surface area contributed by atoms with E-state index < -0.39 is 10.0 Å². The van der Waals surface area contributed by atoms with Crippen LogP contribution in [0.3, 0.4) is 0 Å². The summed E-state index contributed by atoms with van der Waals surface area (Å²) >= 11 is 3.59. The Hall–Kier alpha value is -0.590. The fourth-order valence-corrected chi connectivity index (χ4v) is 3.48. The van der Waals surface area contributed by atoms with Crippen LogP contribution in [0.5, 0.6) is 0 Å². The molecule has 10 heteroatoms. The summed E-state index contributed by atoms with van der Waals surface area (Å²) in [4.78, 5) is 6.60. The molecule has 0 aromatic heterocycles. The summed E-state index contributed by atoms with van der Waals surface area (Å²) in [5.41, 5.74) is 1.18. The number of rotatable bonds is 6. The molecular weight excluding hydrogens is 521 g/mol. The largest absolute Gasteiger partial charge is 0.368 e. The fraction of sp³-hybridized carbons (Fsp3) is 0.533. The van der Waals surface area contributed by atoms with Crippen LogP contribution >= 0.6 is 39.9 Å². The van der Waals surface area contributed by atoms with Crippen LogP contribution in [0.15, 0.2) is 33.7 Å². The normalized spacial score (nSPS) is 18.0. The lowest BCUT2D eigenvalue weighted by molar-refractivity contribution is 0.597. The number of halogens is 2. The Labute approximate surface area is 175 Å². The second-order valence-corrected chi connectivity index (χ2v) is 8.24. The molecule has 0 spiro atoms. The zero-order valence-corrected chi connectivity index (χ0v) is 18.8.